The lowest BCUT2D eigenvalue weighted by Gasteiger charge is -2.17. The van der Waals surface area contributed by atoms with Crippen LogP contribution >= 0.6 is 0 Å². The van der Waals surface area contributed by atoms with Crippen LogP contribution in [0.5, 0.6) is 11.5 Å². The van der Waals surface area contributed by atoms with Gasteiger partial charge in [-0.25, -0.2) is 4.39 Å². The summed E-state index contributed by atoms with van der Waals surface area (Å²) in [7, 11) is 3.10. The Labute approximate surface area is 94.3 Å². The number of methoxy groups -OCH3 is 2. The van der Waals surface area contributed by atoms with Gasteiger partial charge in [-0.1, -0.05) is 0 Å². The standard InChI is InChI=1S/C12H16FNO2/c1-15-10-5-8(7-13)9(6-11(10)16-2)12(14)3-4-12/h5-6H,3-4,7,14H2,1-2H3. The van der Waals surface area contributed by atoms with Crippen molar-refractivity contribution in [2.45, 2.75) is 25.1 Å². The van der Waals surface area contributed by atoms with Gasteiger partial charge in [0.25, 0.3) is 0 Å². The molecule has 0 unspecified atom stereocenters. The maximum atomic E-state index is 12.9. The van der Waals surface area contributed by atoms with Gasteiger partial charge in [0, 0.05) is 5.54 Å². The van der Waals surface area contributed by atoms with Crippen molar-refractivity contribution in [1.29, 1.82) is 0 Å². The summed E-state index contributed by atoms with van der Waals surface area (Å²) in [5.41, 5.74) is 7.17. The van der Waals surface area contributed by atoms with Crippen molar-refractivity contribution in [2.75, 3.05) is 14.2 Å². The zero-order chi connectivity index (χ0) is 11.8. The second-order valence-corrected chi connectivity index (χ2v) is 4.15. The first-order valence-corrected chi connectivity index (χ1v) is 5.25. The zero-order valence-electron chi connectivity index (χ0n) is 9.55. The fraction of sp³-hybridized carbons (Fsp3) is 0.500. The van der Waals surface area contributed by atoms with Gasteiger partial charge in [0.05, 0.1) is 14.2 Å². The van der Waals surface area contributed by atoms with E-state index in [4.69, 9.17) is 15.2 Å². The van der Waals surface area contributed by atoms with Gasteiger partial charge in [0.15, 0.2) is 11.5 Å². The van der Waals surface area contributed by atoms with Gasteiger partial charge in [-0.05, 0) is 36.1 Å². The van der Waals surface area contributed by atoms with E-state index in [1.54, 1.807) is 19.2 Å². The Balaban J connectivity index is 2.51. The molecule has 1 aliphatic carbocycles. The number of nitrogens with two attached hydrogens (primary N) is 1. The van der Waals surface area contributed by atoms with E-state index in [1.165, 1.54) is 7.11 Å². The maximum absolute atomic E-state index is 12.9. The van der Waals surface area contributed by atoms with Crippen LogP contribution in [0.25, 0.3) is 0 Å². The second-order valence-electron chi connectivity index (χ2n) is 4.15. The Morgan fingerprint density at radius 1 is 1.25 bits per heavy atom. The number of hydrogen-bond acceptors (Lipinski definition) is 3. The van der Waals surface area contributed by atoms with Crippen molar-refractivity contribution in [3.05, 3.63) is 23.3 Å². The van der Waals surface area contributed by atoms with Crippen LogP contribution < -0.4 is 15.2 Å². The summed E-state index contributed by atoms with van der Waals surface area (Å²) in [4.78, 5) is 0. The molecule has 4 heteroatoms. The Morgan fingerprint density at radius 3 is 2.25 bits per heavy atom. The van der Waals surface area contributed by atoms with Gasteiger partial charge in [0.1, 0.15) is 6.67 Å². The average molecular weight is 225 g/mol. The van der Waals surface area contributed by atoms with Gasteiger partial charge < -0.3 is 15.2 Å². The molecule has 0 heterocycles. The van der Waals surface area contributed by atoms with Crippen LogP contribution in [-0.4, -0.2) is 14.2 Å². The predicted molar refractivity (Wildman–Crippen MR) is 59.5 cm³/mol. The maximum Gasteiger partial charge on any atom is 0.161 e. The Morgan fingerprint density at radius 2 is 1.81 bits per heavy atom. The first kappa shape index (κ1) is 11.2. The van der Waals surface area contributed by atoms with Crippen molar-refractivity contribution < 1.29 is 13.9 Å². The van der Waals surface area contributed by atoms with Gasteiger partial charge in [-0.3, -0.25) is 0 Å². The molecule has 0 saturated heterocycles. The lowest BCUT2D eigenvalue weighted by atomic mass is 9.98. The SMILES string of the molecule is COc1cc(CF)c(C2(N)CC2)cc1OC. The fourth-order valence-electron chi connectivity index (χ4n) is 1.90. The van der Waals surface area contributed by atoms with E-state index in [0.29, 0.717) is 17.1 Å². The molecule has 0 atom stereocenters. The van der Waals surface area contributed by atoms with E-state index >= 15 is 0 Å². The molecule has 0 bridgehead atoms. The molecule has 0 spiro atoms. The highest BCUT2D eigenvalue weighted by atomic mass is 19.1. The molecule has 16 heavy (non-hydrogen) atoms. The normalized spacial score (nSPS) is 17.0. The van der Waals surface area contributed by atoms with Crippen LogP contribution in [0, 0.1) is 0 Å². The lowest BCUT2D eigenvalue weighted by molar-refractivity contribution is 0.352. The summed E-state index contributed by atoms with van der Waals surface area (Å²) >= 11 is 0. The molecular weight excluding hydrogens is 209 g/mol. The van der Waals surface area contributed by atoms with E-state index in [9.17, 15) is 4.39 Å². The lowest BCUT2D eigenvalue weighted by Crippen LogP contribution is -2.20. The van der Waals surface area contributed by atoms with Crippen LogP contribution in [-0.2, 0) is 12.2 Å². The molecule has 2 N–H and O–H groups in total. The van der Waals surface area contributed by atoms with Crippen LogP contribution in [0.4, 0.5) is 4.39 Å². The van der Waals surface area contributed by atoms with E-state index in [-0.39, 0.29) is 5.54 Å². The highest BCUT2D eigenvalue weighted by molar-refractivity contribution is 5.51. The quantitative estimate of drug-likeness (QED) is 0.853. The Kier molecular flexibility index (Phi) is 2.76. The van der Waals surface area contributed by atoms with Gasteiger partial charge >= 0.3 is 0 Å². The molecule has 0 amide bonds. The first-order valence-electron chi connectivity index (χ1n) is 5.25. The highest BCUT2D eigenvalue weighted by Gasteiger charge is 2.42. The van der Waals surface area contributed by atoms with Crippen molar-refractivity contribution in [2.24, 2.45) is 5.73 Å². The van der Waals surface area contributed by atoms with Gasteiger partial charge in [0.2, 0.25) is 0 Å². The molecule has 0 aromatic heterocycles. The number of hydrogen-bond donors (Lipinski definition) is 1. The molecule has 1 aromatic rings. The summed E-state index contributed by atoms with van der Waals surface area (Å²) < 4.78 is 23.3. The van der Waals surface area contributed by atoms with Crippen LogP contribution in [0.2, 0.25) is 0 Å². The van der Waals surface area contributed by atoms with Gasteiger partial charge in [-0.15, -0.1) is 0 Å². The third-order valence-electron chi connectivity index (χ3n) is 3.08. The molecule has 3 nitrogen and oxygen atoms in total. The number of benzene rings is 1. The number of halogens is 1. The topological polar surface area (TPSA) is 44.5 Å². The zero-order valence-corrected chi connectivity index (χ0v) is 9.55. The Hall–Kier alpha value is -1.29. The van der Waals surface area contributed by atoms with E-state index in [2.05, 4.69) is 0 Å². The minimum absolute atomic E-state index is 0.360. The average Bonchev–Trinajstić information content (AvgIpc) is 3.06. The molecule has 2 rings (SSSR count). The summed E-state index contributed by atoms with van der Waals surface area (Å²) in [5, 5.41) is 0. The molecule has 88 valence electrons. The smallest absolute Gasteiger partial charge is 0.161 e. The molecular formula is C12H16FNO2. The Bertz CT molecular complexity index is 402. The van der Waals surface area contributed by atoms with Crippen LogP contribution in [0.3, 0.4) is 0 Å². The number of alkyl halides is 1. The predicted octanol–water partition coefficient (Wildman–Crippen LogP) is 2.12. The van der Waals surface area contributed by atoms with Crippen molar-refractivity contribution in [3.63, 3.8) is 0 Å². The minimum Gasteiger partial charge on any atom is -0.493 e. The van der Waals surface area contributed by atoms with E-state index in [1.807, 2.05) is 0 Å². The van der Waals surface area contributed by atoms with Crippen molar-refractivity contribution in [3.8, 4) is 11.5 Å². The second kappa shape index (κ2) is 3.94. The monoisotopic (exact) mass is 225 g/mol. The molecule has 1 fully saturated rings. The highest BCUT2D eigenvalue weighted by Crippen LogP contribution is 2.47. The van der Waals surface area contributed by atoms with E-state index in [0.717, 1.165) is 18.4 Å². The molecule has 1 saturated carbocycles. The van der Waals surface area contributed by atoms with Crippen molar-refractivity contribution in [1.82, 2.24) is 0 Å². The first-order chi connectivity index (χ1) is 7.64. The fourth-order valence-corrected chi connectivity index (χ4v) is 1.90. The minimum atomic E-state index is -0.533. The largest absolute Gasteiger partial charge is 0.493 e. The van der Waals surface area contributed by atoms with Crippen LogP contribution in [0.1, 0.15) is 24.0 Å². The van der Waals surface area contributed by atoms with Crippen LogP contribution in [0.15, 0.2) is 12.1 Å². The summed E-state index contributed by atoms with van der Waals surface area (Å²) in [6, 6.07) is 3.46. The van der Waals surface area contributed by atoms with Crippen molar-refractivity contribution >= 4 is 0 Å². The molecule has 1 aliphatic rings. The summed E-state index contributed by atoms with van der Waals surface area (Å²) in [5.74, 6) is 1.15. The number of ether oxygens (including phenoxy) is 2. The van der Waals surface area contributed by atoms with E-state index < -0.39 is 6.67 Å². The number of rotatable bonds is 4. The summed E-state index contributed by atoms with van der Waals surface area (Å²) in [6.45, 7) is -0.533. The molecule has 1 aromatic carbocycles. The third kappa shape index (κ3) is 1.73. The summed E-state index contributed by atoms with van der Waals surface area (Å²) in [6.07, 6.45) is 1.80. The van der Waals surface area contributed by atoms with Gasteiger partial charge in [-0.2, -0.15) is 0 Å². The molecule has 0 radical (unpaired) electrons. The third-order valence-corrected chi connectivity index (χ3v) is 3.08. The molecule has 0 aliphatic heterocycles.